The summed E-state index contributed by atoms with van der Waals surface area (Å²) in [5.74, 6) is -0.732. The minimum atomic E-state index is -3.99. The van der Waals surface area contributed by atoms with Gasteiger partial charge in [-0.3, -0.25) is 9.20 Å². The summed E-state index contributed by atoms with van der Waals surface area (Å²) in [4.78, 5) is 16.1. The summed E-state index contributed by atoms with van der Waals surface area (Å²) in [5, 5.41) is 18.6. The molecule has 1 N–H and O–H groups in total. The number of halogens is 1. The summed E-state index contributed by atoms with van der Waals surface area (Å²) in [5.41, 5.74) is 2.63. The number of carbonyl (C=O) groups is 1. The monoisotopic (exact) mass is 583 g/mol. The molecule has 13 heteroatoms. The molecule has 40 heavy (non-hydrogen) atoms. The van der Waals surface area contributed by atoms with Gasteiger partial charge >= 0.3 is 5.97 Å². The molecule has 208 valence electrons. The van der Waals surface area contributed by atoms with Crippen molar-refractivity contribution in [2.24, 2.45) is 0 Å². The molecule has 11 nitrogen and oxygen atoms in total. The molecule has 1 aromatic carbocycles. The van der Waals surface area contributed by atoms with Crippen LogP contribution in [0.1, 0.15) is 40.4 Å². The van der Waals surface area contributed by atoms with E-state index in [1.54, 1.807) is 24.3 Å². The number of aryl methyl sites for hydroxylation is 2. The second-order valence-corrected chi connectivity index (χ2v) is 12.5. The second-order valence-electron chi connectivity index (χ2n) is 10.2. The van der Waals surface area contributed by atoms with E-state index in [1.807, 2.05) is 30.5 Å². The fourth-order valence-electron chi connectivity index (χ4n) is 5.35. The van der Waals surface area contributed by atoms with E-state index in [0.717, 1.165) is 17.0 Å². The van der Waals surface area contributed by atoms with Gasteiger partial charge in [-0.05, 0) is 60.4 Å². The summed E-state index contributed by atoms with van der Waals surface area (Å²) in [6.07, 6.45) is 3.13. The third-order valence-electron chi connectivity index (χ3n) is 7.47. The van der Waals surface area contributed by atoms with E-state index < -0.39 is 27.5 Å². The van der Waals surface area contributed by atoms with Crippen molar-refractivity contribution in [1.29, 1.82) is 0 Å². The lowest BCUT2D eigenvalue weighted by atomic mass is 9.86. The normalized spacial score (nSPS) is 18.5. The molecule has 0 aliphatic carbocycles. The number of fused-ring (bicyclic) bond motifs is 2. The Labute approximate surface area is 235 Å². The molecule has 0 saturated carbocycles. The zero-order valence-corrected chi connectivity index (χ0v) is 23.3. The Balaban J connectivity index is 1.41. The molecule has 3 aromatic heterocycles. The molecule has 1 spiro atoms. The third kappa shape index (κ3) is 4.50. The lowest BCUT2D eigenvalue weighted by Gasteiger charge is -2.41. The molecule has 6 rings (SSSR count). The Morgan fingerprint density at radius 2 is 2.00 bits per heavy atom. The van der Waals surface area contributed by atoms with Crippen LogP contribution in [0.15, 0.2) is 53.7 Å². The number of ether oxygens (including phenoxy) is 2. The average molecular weight is 584 g/mol. The molecular formula is C27H26ClN5O6S. The Hall–Kier alpha value is -3.58. The van der Waals surface area contributed by atoms with Gasteiger partial charge in [-0.2, -0.15) is 4.31 Å². The number of nitrogens with zero attached hydrogens (tertiary/aromatic N) is 5. The number of aromatic nitrogens is 4. The first-order chi connectivity index (χ1) is 19.1. The second kappa shape index (κ2) is 9.81. The van der Waals surface area contributed by atoms with E-state index in [-0.39, 0.29) is 43.5 Å². The fraction of sp³-hybridized carbons (Fsp3) is 0.333. The van der Waals surface area contributed by atoms with Crippen molar-refractivity contribution in [2.45, 2.75) is 43.2 Å². The Morgan fingerprint density at radius 3 is 2.73 bits per heavy atom. The number of carboxylic acids is 1. The van der Waals surface area contributed by atoms with E-state index in [0.29, 0.717) is 21.8 Å². The molecule has 4 aromatic rings. The molecule has 5 heterocycles. The number of benzene rings is 1. The van der Waals surface area contributed by atoms with Crippen molar-refractivity contribution in [2.75, 3.05) is 19.8 Å². The van der Waals surface area contributed by atoms with Crippen molar-refractivity contribution in [1.82, 2.24) is 23.9 Å². The van der Waals surface area contributed by atoms with Crippen molar-refractivity contribution < 1.29 is 27.8 Å². The molecule has 1 atom stereocenters. The van der Waals surface area contributed by atoms with Gasteiger partial charge < -0.3 is 14.6 Å². The van der Waals surface area contributed by atoms with Crippen LogP contribution >= 0.6 is 11.6 Å². The topological polar surface area (TPSA) is 136 Å². The average Bonchev–Trinajstić information content (AvgIpc) is 3.24. The number of carboxylic acid groups (broad SMARTS) is 1. The van der Waals surface area contributed by atoms with Gasteiger partial charge in [0.2, 0.25) is 15.9 Å². The quantitative estimate of drug-likeness (QED) is 0.362. The van der Waals surface area contributed by atoms with Crippen LogP contribution in [0.3, 0.4) is 0 Å². The van der Waals surface area contributed by atoms with E-state index in [4.69, 9.17) is 21.1 Å². The predicted molar refractivity (Wildman–Crippen MR) is 144 cm³/mol. The van der Waals surface area contributed by atoms with Gasteiger partial charge in [0.1, 0.15) is 10.7 Å². The van der Waals surface area contributed by atoms with Crippen molar-refractivity contribution in [3.8, 4) is 5.88 Å². The van der Waals surface area contributed by atoms with Gasteiger partial charge in [0, 0.05) is 29.9 Å². The largest absolute Gasteiger partial charge is 0.481 e. The highest BCUT2D eigenvalue weighted by Crippen LogP contribution is 2.38. The lowest BCUT2D eigenvalue weighted by Crippen LogP contribution is -2.60. The lowest BCUT2D eigenvalue weighted by molar-refractivity contribution is -0.166. The van der Waals surface area contributed by atoms with Gasteiger partial charge in [-0.15, -0.1) is 10.2 Å². The van der Waals surface area contributed by atoms with E-state index in [1.165, 1.54) is 16.6 Å². The van der Waals surface area contributed by atoms with Crippen molar-refractivity contribution >= 4 is 33.2 Å². The summed E-state index contributed by atoms with van der Waals surface area (Å²) in [6, 6.07) is 10.1. The van der Waals surface area contributed by atoms with Crippen molar-refractivity contribution in [3.05, 3.63) is 81.9 Å². The van der Waals surface area contributed by atoms with Crippen molar-refractivity contribution in [3.63, 3.8) is 0 Å². The van der Waals surface area contributed by atoms with Crippen LogP contribution in [0, 0.1) is 13.8 Å². The van der Waals surface area contributed by atoms with Gasteiger partial charge in [-0.25, -0.2) is 13.4 Å². The van der Waals surface area contributed by atoms with Gasteiger partial charge in [0.05, 0.1) is 26.2 Å². The number of hydrogen-bond donors (Lipinski definition) is 1. The third-order valence-corrected chi connectivity index (χ3v) is 9.65. The SMILES string of the molecule is Cc1c([C@H](CC(=O)O)c2ccc(Cl)c(CN3CC4(COC4)Oc4ncccc4S3(=O)=O)c2)ccn2c(C)nnc12. The number of aliphatic carboxylic acids is 1. The van der Waals surface area contributed by atoms with Gasteiger partial charge in [0.15, 0.2) is 11.2 Å². The summed E-state index contributed by atoms with van der Waals surface area (Å²) in [7, 11) is -3.99. The van der Waals surface area contributed by atoms with Crippen LogP contribution in [0.2, 0.25) is 5.02 Å². The first-order valence-corrected chi connectivity index (χ1v) is 14.4. The minimum absolute atomic E-state index is 0.0256. The van der Waals surface area contributed by atoms with Gasteiger partial charge in [-0.1, -0.05) is 23.7 Å². The highest BCUT2D eigenvalue weighted by molar-refractivity contribution is 7.89. The molecule has 1 saturated heterocycles. The Bertz CT molecular complexity index is 1750. The van der Waals surface area contributed by atoms with Crippen LogP contribution in [0.4, 0.5) is 0 Å². The molecule has 0 unspecified atom stereocenters. The Kier molecular flexibility index (Phi) is 6.53. The van der Waals surface area contributed by atoms with Crippen LogP contribution in [-0.2, 0) is 26.1 Å². The summed E-state index contributed by atoms with van der Waals surface area (Å²) in [6.45, 7) is 4.19. The standard InChI is InChI=1S/C27H26ClN5O6S/c1-16-20(7-9-33-17(2)30-31-25(16)33)21(11-24(34)35)18-5-6-22(28)19(10-18)12-32-13-27(14-38-15-27)39-26-23(40(32,36)37)4-3-8-29-26/h3-10,21H,11-15H2,1-2H3,(H,34,35)/t21-/m1/s1. The molecule has 1 fully saturated rings. The Morgan fingerprint density at radius 1 is 1.20 bits per heavy atom. The zero-order valence-electron chi connectivity index (χ0n) is 21.7. The maximum atomic E-state index is 13.8. The van der Waals surface area contributed by atoms with E-state index >= 15 is 0 Å². The van der Waals surface area contributed by atoms with Crippen LogP contribution in [0.25, 0.3) is 5.65 Å². The number of rotatable bonds is 6. The molecule has 2 aliphatic rings. The van der Waals surface area contributed by atoms with Crippen LogP contribution in [-0.4, -0.2) is 68.7 Å². The van der Waals surface area contributed by atoms with Crippen LogP contribution in [0.5, 0.6) is 5.88 Å². The zero-order chi connectivity index (χ0) is 28.2. The molecule has 2 aliphatic heterocycles. The van der Waals surface area contributed by atoms with E-state index in [2.05, 4.69) is 15.2 Å². The minimum Gasteiger partial charge on any atom is -0.481 e. The first-order valence-electron chi connectivity index (χ1n) is 12.6. The highest BCUT2D eigenvalue weighted by Gasteiger charge is 2.49. The fourth-order valence-corrected chi connectivity index (χ4v) is 7.08. The molecular weight excluding hydrogens is 558 g/mol. The smallest absolute Gasteiger partial charge is 0.304 e. The van der Waals surface area contributed by atoms with Crippen LogP contribution < -0.4 is 4.74 Å². The maximum Gasteiger partial charge on any atom is 0.304 e. The molecule has 0 amide bonds. The first kappa shape index (κ1) is 26.6. The predicted octanol–water partition coefficient (Wildman–Crippen LogP) is 3.35. The number of hydrogen-bond acceptors (Lipinski definition) is 8. The van der Waals surface area contributed by atoms with Gasteiger partial charge in [0.25, 0.3) is 0 Å². The summed E-state index contributed by atoms with van der Waals surface area (Å²) < 4.78 is 42.1. The maximum absolute atomic E-state index is 13.8. The van der Waals surface area contributed by atoms with E-state index in [9.17, 15) is 18.3 Å². The number of pyridine rings is 2. The highest BCUT2D eigenvalue weighted by atomic mass is 35.5. The summed E-state index contributed by atoms with van der Waals surface area (Å²) >= 11 is 6.61. The number of sulfonamides is 1. The molecule has 0 bridgehead atoms. The molecule has 0 radical (unpaired) electrons.